The van der Waals surface area contributed by atoms with Gasteiger partial charge in [0.25, 0.3) is 0 Å². The minimum atomic E-state index is -3.95. The molecular formula is C21H18O5S. The van der Waals surface area contributed by atoms with E-state index in [9.17, 15) is 18.0 Å². The zero-order chi connectivity index (χ0) is 19.6. The molecule has 1 atom stereocenters. The number of benzene rings is 2. The Morgan fingerprint density at radius 3 is 2.26 bits per heavy atom. The molecule has 1 unspecified atom stereocenters. The van der Waals surface area contributed by atoms with E-state index in [1.165, 1.54) is 6.07 Å². The number of hydrogen-bond donors (Lipinski definition) is 0. The first-order valence-corrected chi connectivity index (χ1v) is 10.1. The summed E-state index contributed by atoms with van der Waals surface area (Å²) in [4.78, 5) is 25.6. The van der Waals surface area contributed by atoms with Crippen LogP contribution in [0.3, 0.4) is 0 Å². The zero-order valence-electron chi connectivity index (χ0n) is 15.1. The SMILES string of the molecule is Cc1cccc(S(=O)(=O)C2C3=C(OC2(C)C)c2ccccc2C(=O)C3=O)c1. The number of carbonyl (C=O) groups is 2. The van der Waals surface area contributed by atoms with Crippen molar-refractivity contribution in [3.05, 3.63) is 70.8 Å². The van der Waals surface area contributed by atoms with Crippen molar-refractivity contribution in [1.82, 2.24) is 0 Å². The normalized spacial score (nSPS) is 20.9. The molecule has 2 aliphatic rings. The van der Waals surface area contributed by atoms with Gasteiger partial charge in [0, 0.05) is 11.1 Å². The molecule has 2 aromatic carbocycles. The van der Waals surface area contributed by atoms with E-state index in [0.29, 0.717) is 5.56 Å². The monoisotopic (exact) mass is 382 g/mol. The predicted molar refractivity (Wildman–Crippen MR) is 100 cm³/mol. The molecule has 1 heterocycles. The molecule has 0 radical (unpaired) electrons. The molecule has 4 rings (SSSR count). The fourth-order valence-electron chi connectivity index (χ4n) is 3.84. The van der Waals surface area contributed by atoms with Gasteiger partial charge in [-0.2, -0.15) is 0 Å². The Bertz CT molecular complexity index is 1140. The molecule has 1 aliphatic carbocycles. The van der Waals surface area contributed by atoms with Gasteiger partial charge in [0.2, 0.25) is 11.6 Å². The van der Waals surface area contributed by atoms with Gasteiger partial charge in [0.05, 0.1) is 10.5 Å². The standard InChI is InChI=1S/C21H18O5S/c1-12-7-6-8-13(11-12)27(24,25)20-16-18(23)17(22)14-9-4-5-10-15(14)19(16)26-21(20,2)3/h4-11,20H,1-3H3. The summed E-state index contributed by atoms with van der Waals surface area (Å²) >= 11 is 0. The van der Waals surface area contributed by atoms with E-state index in [1.807, 2.05) is 0 Å². The lowest BCUT2D eigenvalue weighted by molar-refractivity contribution is -0.112. The number of fused-ring (bicyclic) bond motifs is 2. The second kappa shape index (κ2) is 5.63. The molecular weight excluding hydrogens is 364 g/mol. The number of hydrogen-bond acceptors (Lipinski definition) is 5. The first-order valence-electron chi connectivity index (χ1n) is 8.57. The number of ketones is 2. The van der Waals surface area contributed by atoms with E-state index in [1.54, 1.807) is 63.2 Å². The highest BCUT2D eigenvalue weighted by Gasteiger charge is 2.56. The van der Waals surface area contributed by atoms with Crippen LogP contribution in [0.5, 0.6) is 0 Å². The van der Waals surface area contributed by atoms with Crippen LogP contribution in [0.1, 0.15) is 35.3 Å². The van der Waals surface area contributed by atoms with Gasteiger partial charge < -0.3 is 4.74 Å². The van der Waals surface area contributed by atoms with Crippen LogP contribution in [0, 0.1) is 6.92 Å². The smallest absolute Gasteiger partial charge is 0.234 e. The minimum absolute atomic E-state index is 0.0646. The van der Waals surface area contributed by atoms with Crippen LogP contribution in [0.25, 0.3) is 5.76 Å². The van der Waals surface area contributed by atoms with Crippen molar-refractivity contribution in [2.75, 3.05) is 0 Å². The van der Waals surface area contributed by atoms with Gasteiger partial charge >= 0.3 is 0 Å². The van der Waals surface area contributed by atoms with Crippen LogP contribution in [0.4, 0.5) is 0 Å². The predicted octanol–water partition coefficient (Wildman–Crippen LogP) is 3.12. The van der Waals surface area contributed by atoms with Crippen molar-refractivity contribution >= 4 is 27.2 Å². The number of carbonyl (C=O) groups excluding carboxylic acids is 2. The summed E-state index contributed by atoms with van der Waals surface area (Å²) in [6.45, 7) is 5.05. The van der Waals surface area contributed by atoms with Gasteiger partial charge in [-0.1, -0.05) is 36.4 Å². The molecule has 0 fully saturated rings. The van der Waals surface area contributed by atoms with Crippen LogP contribution in [0.2, 0.25) is 0 Å². The van der Waals surface area contributed by atoms with Crippen molar-refractivity contribution in [1.29, 1.82) is 0 Å². The van der Waals surface area contributed by atoms with Gasteiger partial charge in [-0.3, -0.25) is 9.59 Å². The molecule has 0 saturated carbocycles. The molecule has 27 heavy (non-hydrogen) atoms. The Hall–Kier alpha value is -2.73. The Kier molecular flexibility index (Phi) is 3.69. The Morgan fingerprint density at radius 1 is 0.926 bits per heavy atom. The summed E-state index contributed by atoms with van der Waals surface area (Å²) < 4.78 is 32.9. The Balaban J connectivity index is 1.98. The largest absolute Gasteiger partial charge is 0.485 e. The van der Waals surface area contributed by atoms with Gasteiger partial charge in [-0.25, -0.2) is 8.42 Å². The molecule has 138 valence electrons. The van der Waals surface area contributed by atoms with Crippen molar-refractivity contribution in [2.24, 2.45) is 0 Å². The van der Waals surface area contributed by atoms with Crippen LogP contribution in [0.15, 0.2) is 59.0 Å². The number of Topliss-reactive ketones (excluding diaryl/α,β-unsaturated/α-hetero) is 2. The minimum Gasteiger partial charge on any atom is -0.485 e. The van der Waals surface area contributed by atoms with Gasteiger partial charge in [0.1, 0.15) is 16.6 Å². The maximum Gasteiger partial charge on any atom is 0.234 e. The molecule has 0 saturated heterocycles. The molecule has 0 amide bonds. The molecule has 0 spiro atoms. The summed E-state index contributed by atoms with van der Waals surface area (Å²) in [6, 6.07) is 13.1. The van der Waals surface area contributed by atoms with Crippen LogP contribution in [-0.2, 0) is 19.4 Å². The molecule has 0 N–H and O–H groups in total. The number of rotatable bonds is 2. The molecule has 0 aromatic heterocycles. The summed E-state index contributed by atoms with van der Waals surface area (Å²) in [5, 5.41) is -1.26. The third kappa shape index (κ3) is 2.47. The van der Waals surface area contributed by atoms with Gasteiger partial charge in [0.15, 0.2) is 9.84 Å². The maximum absolute atomic E-state index is 13.4. The first kappa shape index (κ1) is 17.7. The lowest BCUT2D eigenvalue weighted by Crippen LogP contribution is -2.43. The fourth-order valence-corrected chi connectivity index (χ4v) is 6.05. The molecule has 0 bridgehead atoms. The highest BCUT2D eigenvalue weighted by atomic mass is 32.2. The average molecular weight is 382 g/mol. The van der Waals surface area contributed by atoms with E-state index in [0.717, 1.165) is 5.56 Å². The number of ether oxygens (including phenoxy) is 1. The van der Waals surface area contributed by atoms with Crippen LogP contribution < -0.4 is 0 Å². The molecule has 2 aromatic rings. The fraction of sp³-hybridized carbons (Fsp3) is 0.238. The van der Waals surface area contributed by atoms with Gasteiger partial charge in [-0.15, -0.1) is 0 Å². The van der Waals surface area contributed by atoms with Crippen molar-refractivity contribution in [3.8, 4) is 0 Å². The maximum atomic E-state index is 13.4. The van der Waals surface area contributed by atoms with Gasteiger partial charge in [-0.05, 0) is 38.5 Å². The Morgan fingerprint density at radius 2 is 1.59 bits per heavy atom. The topological polar surface area (TPSA) is 77.5 Å². The third-order valence-corrected chi connectivity index (χ3v) is 7.33. The lowest BCUT2D eigenvalue weighted by atomic mass is 9.86. The van der Waals surface area contributed by atoms with Crippen molar-refractivity contribution in [3.63, 3.8) is 0 Å². The summed E-state index contributed by atoms with van der Waals surface area (Å²) in [6.07, 6.45) is 0. The highest BCUT2D eigenvalue weighted by molar-refractivity contribution is 7.92. The summed E-state index contributed by atoms with van der Waals surface area (Å²) in [7, 11) is -3.95. The van der Waals surface area contributed by atoms with E-state index in [-0.39, 0.29) is 21.8 Å². The average Bonchev–Trinajstić information content (AvgIpc) is 2.92. The van der Waals surface area contributed by atoms with Crippen molar-refractivity contribution in [2.45, 2.75) is 36.5 Å². The zero-order valence-corrected chi connectivity index (χ0v) is 16.0. The van der Waals surface area contributed by atoms with E-state index < -0.39 is 32.3 Å². The lowest BCUT2D eigenvalue weighted by Gasteiger charge is -2.27. The van der Waals surface area contributed by atoms with Crippen molar-refractivity contribution < 1.29 is 22.7 Å². The second-order valence-corrected chi connectivity index (χ2v) is 9.43. The van der Waals surface area contributed by atoms with Crippen LogP contribution in [-0.4, -0.2) is 30.8 Å². The molecule has 6 heteroatoms. The van der Waals surface area contributed by atoms with Crippen LogP contribution >= 0.6 is 0 Å². The van der Waals surface area contributed by atoms with E-state index >= 15 is 0 Å². The highest BCUT2D eigenvalue weighted by Crippen LogP contribution is 2.47. The number of sulfone groups is 1. The second-order valence-electron chi connectivity index (χ2n) is 7.39. The molecule has 1 aliphatic heterocycles. The van der Waals surface area contributed by atoms with E-state index in [2.05, 4.69) is 0 Å². The summed E-state index contributed by atoms with van der Waals surface area (Å²) in [5.41, 5.74) is 0.238. The quantitative estimate of drug-likeness (QED) is 0.746. The number of aryl methyl sites for hydroxylation is 1. The first-order chi connectivity index (χ1) is 12.6. The Labute approximate surface area is 157 Å². The third-order valence-electron chi connectivity index (χ3n) is 5.00. The summed E-state index contributed by atoms with van der Waals surface area (Å²) in [5.74, 6) is -1.31. The molecule has 5 nitrogen and oxygen atoms in total. The van der Waals surface area contributed by atoms with E-state index in [4.69, 9.17) is 4.74 Å².